The topological polar surface area (TPSA) is 50.4 Å². The molecule has 0 radical (unpaired) electrons. The van der Waals surface area contributed by atoms with Gasteiger partial charge in [-0.3, -0.25) is 4.99 Å². The van der Waals surface area contributed by atoms with E-state index in [0.717, 1.165) is 25.3 Å². The van der Waals surface area contributed by atoms with Crippen molar-refractivity contribution in [1.29, 1.82) is 0 Å². The lowest BCUT2D eigenvalue weighted by molar-refractivity contribution is 0.253. The van der Waals surface area contributed by atoms with Crippen LogP contribution >= 0.6 is 0 Å². The molecule has 0 amide bonds. The van der Waals surface area contributed by atoms with Gasteiger partial charge in [0.15, 0.2) is 5.96 Å². The zero-order chi connectivity index (χ0) is 14.7. The summed E-state index contributed by atoms with van der Waals surface area (Å²) in [6.45, 7) is 1.64. The van der Waals surface area contributed by atoms with Gasteiger partial charge in [0.25, 0.3) is 0 Å². The fourth-order valence-electron chi connectivity index (χ4n) is 3.18. The molecule has 0 unspecified atom stereocenters. The van der Waals surface area contributed by atoms with Gasteiger partial charge in [-0.2, -0.15) is 0 Å². The van der Waals surface area contributed by atoms with Gasteiger partial charge in [-0.25, -0.2) is 4.39 Å². The predicted octanol–water partition coefficient (Wildman–Crippen LogP) is 2.95. The minimum Gasteiger partial charge on any atom is -0.370 e. The number of guanidine groups is 1. The highest BCUT2D eigenvalue weighted by Gasteiger charge is 2.38. The standard InChI is InChI=1S/C17H24FN3/c18-15-7-5-14(6-8-15)17(9-2-10-17)12-21-16(19)20-11-13-3-1-4-13/h5-8,13H,1-4,9-12H2,(H3,19,20,21). The number of nitrogens with one attached hydrogen (secondary N) is 1. The van der Waals surface area contributed by atoms with Crippen LogP contribution < -0.4 is 11.1 Å². The molecule has 0 saturated heterocycles. The van der Waals surface area contributed by atoms with E-state index in [1.807, 2.05) is 12.1 Å². The SMILES string of the molecule is NC(=NCC1(c2ccc(F)cc2)CCC1)NCC1CCC1. The molecule has 21 heavy (non-hydrogen) atoms. The average molecular weight is 289 g/mol. The number of nitrogens with zero attached hydrogens (tertiary/aromatic N) is 1. The van der Waals surface area contributed by atoms with Crippen LogP contribution in [-0.2, 0) is 5.41 Å². The van der Waals surface area contributed by atoms with Crippen LogP contribution in [-0.4, -0.2) is 19.0 Å². The van der Waals surface area contributed by atoms with Crippen molar-refractivity contribution >= 4 is 5.96 Å². The second kappa shape index (κ2) is 6.04. The summed E-state index contributed by atoms with van der Waals surface area (Å²) in [5.74, 6) is 1.14. The maximum absolute atomic E-state index is 13.1. The molecule has 0 aliphatic heterocycles. The molecule has 4 heteroatoms. The Bertz CT molecular complexity index is 501. The fourth-order valence-corrected chi connectivity index (χ4v) is 3.18. The van der Waals surface area contributed by atoms with Crippen molar-refractivity contribution in [2.45, 2.75) is 43.9 Å². The average Bonchev–Trinajstić information content (AvgIpc) is 2.37. The molecule has 0 aromatic heterocycles. The van der Waals surface area contributed by atoms with E-state index >= 15 is 0 Å². The van der Waals surface area contributed by atoms with Crippen LogP contribution in [0, 0.1) is 11.7 Å². The van der Waals surface area contributed by atoms with E-state index < -0.39 is 0 Å². The molecule has 114 valence electrons. The van der Waals surface area contributed by atoms with Crippen LogP contribution in [0.15, 0.2) is 29.3 Å². The van der Waals surface area contributed by atoms with Crippen molar-refractivity contribution in [2.75, 3.05) is 13.1 Å². The summed E-state index contributed by atoms with van der Waals surface area (Å²) in [6.07, 6.45) is 7.38. The molecule has 2 aliphatic carbocycles. The Morgan fingerprint density at radius 3 is 2.48 bits per heavy atom. The minimum atomic E-state index is -0.182. The Hall–Kier alpha value is -1.58. The summed E-state index contributed by atoms with van der Waals surface area (Å²) in [5.41, 5.74) is 7.22. The van der Waals surface area contributed by atoms with Gasteiger partial charge in [0, 0.05) is 12.0 Å². The van der Waals surface area contributed by atoms with Crippen LogP contribution in [0.4, 0.5) is 4.39 Å². The second-order valence-electron chi connectivity index (χ2n) is 6.52. The maximum atomic E-state index is 13.1. The summed E-state index contributed by atoms with van der Waals surface area (Å²) in [4.78, 5) is 4.54. The number of aliphatic imine (C=N–C) groups is 1. The molecule has 1 aromatic rings. The maximum Gasteiger partial charge on any atom is 0.188 e. The van der Waals surface area contributed by atoms with E-state index in [0.29, 0.717) is 12.5 Å². The fraction of sp³-hybridized carbons (Fsp3) is 0.588. The van der Waals surface area contributed by atoms with Crippen molar-refractivity contribution in [3.63, 3.8) is 0 Å². The van der Waals surface area contributed by atoms with Crippen LogP contribution in [0.3, 0.4) is 0 Å². The van der Waals surface area contributed by atoms with Crippen LogP contribution in [0.2, 0.25) is 0 Å². The molecule has 1 aromatic carbocycles. The third-order valence-corrected chi connectivity index (χ3v) is 5.12. The van der Waals surface area contributed by atoms with Crippen molar-refractivity contribution in [3.05, 3.63) is 35.6 Å². The van der Waals surface area contributed by atoms with E-state index in [1.54, 1.807) is 0 Å². The second-order valence-corrected chi connectivity index (χ2v) is 6.52. The van der Waals surface area contributed by atoms with E-state index in [4.69, 9.17) is 5.73 Å². The predicted molar refractivity (Wildman–Crippen MR) is 83.8 cm³/mol. The highest BCUT2D eigenvalue weighted by molar-refractivity contribution is 5.77. The number of halogens is 1. The lowest BCUT2D eigenvalue weighted by Gasteiger charge is -2.41. The molecule has 3 rings (SSSR count). The first kappa shape index (κ1) is 14.4. The highest BCUT2D eigenvalue weighted by Crippen LogP contribution is 2.44. The Morgan fingerprint density at radius 1 is 1.24 bits per heavy atom. The molecule has 2 aliphatic rings. The van der Waals surface area contributed by atoms with Crippen molar-refractivity contribution in [2.24, 2.45) is 16.6 Å². The molecule has 0 atom stereocenters. The van der Waals surface area contributed by atoms with Crippen LogP contribution in [0.25, 0.3) is 0 Å². The van der Waals surface area contributed by atoms with E-state index in [1.165, 1.54) is 43.4 Å². The molecule has 2 saturated carbocycles. The molecule has 0 heterocycles. The molecule has 3 N–H and O–H groups in total. The van der Waals surface area contributed by atoms with Gasteiger partial charge in [-0.1, -0.05) is 25.0 Å². The van der Waals surface area contributed by atoms with Gasteiger partial charge in [0.1, 0.15) is 5.82 Å². The smallest absolute Gasteiger partial charge is 0.188 e. The first-order chi connectivity index (χ1) is 10.2. The van der Waals surface area contributed by atoms with E-state index in [-0.39, 0.29) is 11.2 Å². The molecule has 0 spiro atoms. The zero-order valence-corrected chi connectivity index (χ0v) is 12.4. The number of hydrogen-bond acceptors (Lipinski definition) is 1. The van der Waals surface area contributed by atoms with Gasteiger partial charge < -0.3 is 11.1 Å². The molecule has 0 bridgehead atoms. The van der Waals surface area contributed by atoms with Crippen molar-refractivity contribution < 1.29 is 4.39 Å². The number of rotatable bonds is 5. The Kier molecular flexibility index (Phi) is 4.13. The van der Waals surface area contributed by atoms with Gasteiger partial charge in [0.2, 0.25) is 0 Å². The van der Waals surface area contributed by atoms with E-state index in [9.17, 15) is 4.39 Å². The third kappa shape index (κ3) is 3.20. The molecular formula is C17H24FN3. The van der Waals surface area contributed by atoms with Gasteiger partial charge in [-0.05, 0) is 49.3 Å². The van der Waals surface area contributed by atoms with Crippen molar-refractivity contribution in [1.82, 2.24) is 5.32 Å². The third-order valence-electron chi connectivity index (χ3n) is 5.12. The quantitative estimate of drug-likeness (QED) is 0.647. The molecule has 2 fully saturated rings. The monoisotopic (exact) mass is 289 g/mol. The first-order valence-electron chi connectivity index (χ1n) is 7.98. The lowest BCUT2D eigenvalue weighted by atomic mass is 9.64. The molecule has 3 nitrogen and oxygen atoms in total. The normalized spacial score (nSPS) is 21.5. The van der Waals surface area contributed by atoms with Crippen LogP contribution in [0.1, 0.15) is 44.1 Å². The number of nitrogens with two attached hydrogens (primary N) is 1. The van der Waals surface area contributed by atoms with Crippen molar-refractivity contribution in [3.8, 4) is 0 Å². The molecular weight excluding hydrogens is 265 g/mol. The summed E-state index contributed by atoms with van der Waals surface area (Å²) in [6, 6.07) is 6.86. The summed E-state index contributed by atoms with van der Waals surface area (Å²) in [7, 11) is 0. The summed E-state index contributed by atoms with van der Waals surface area (Å²) < 4.78 is 13.1. The van der Waals surface area contributed by atoms with Gasteiger partial charge in [0.05, 0.1) is 6.54 Å². The largest absolute Gasteiger partial charge is 0.370 e. The lowest BCUT2D eigenvalue weighted by Crippen LogP contribution is -2.41. The number of hydrogen-bond donors (Lipinski definition) is 2. The van der Waals surface area contributed by atoms with E-state index in [2.05, 4.69) is 10.3 Å². The van der Waals surface area contributed by atoms with Gasteiger partial charge in [-0.15, -0.1) is 0 Å². The minimum absolute atomic E-state index is 0.0659. The first-order valence-corrected chi connectivity index (χ1v) is 7.98. The number of benzene rings is 1. The zero-order valence-electron chi connectivity index (χ0n) is 12.4. The summed E-state index contributed by atoms with van der Waals surface area (Å²) >= 11 is 0. The Balaban J connectivity index is 1.59. The van der Waals surface area contributed by atoms with Gasteiger partial charge >= 0.3 is 0 Å². The Labute approximate surface area is 125 Å². The Morgan fingerprint density at radius 2 is 1.95 bits per heavy atom. The summed E-state index contributed by atoms with van der Waals surface area (Å²) in [5, 5.41) is 3.23. The highest BCUT2D eigenvalue weighted by atomic mass is 19.1. The van der Waals surface area contributed by atoms with Crippen LogP contribution in [0.5, 0.6) is 0 Å².